The van der Waals surface area contributed by atoms with Gasteiger partial charge in [0, 0.05) is 0 Å². The second kappa shape index (κ2) is 6.06. The third-order valence-electron chi connectivity index (χ3n) is 2.63. The van der Waals surface area contributed by atoms with E-state index < -0.39 is 16.0 Å². The van der Waals surface area contributed by atoms with E-state index in [2.05, 4.69) is 4.72 Å². The molecule has 0 radical (unpaired) electrons. The summed E-state index contributed by atoms with van der Waals surface area (Å²) in [5.74, 6) is -0.892. The van der Waals surface area contributed by atoms with E-state index in [0.29, 0.717) is 6.42 Å². The Morgan fingerprint density at radius 3 is 2.53 bits per heavy atom. The first-order valence-corrected chi connectivity index (χ1v) is 7.71. The Morgan fingerprint density at radius 1 is 1.37 bits per heavy atom. The highest BCUT2D eigenvalue weighted by Crippen LogP contribution is 2.19. The molecule has 0 aromatic heterocycles. The van der Waals surface area contributed by atoms with E-state index in [4.69, 9.17) is 5.11 Å². The van der Waals surface area contributed by atoms with Gasteiger partial charge in [0.2, 0.25) is 10.0 Å². The molecule has 6 heteroatoms. The third kappa shape index (κ3) is 4.90. The van der Waals surface area contributed by atoms with Crippen molar-refractivity contribution in [2.24, 2.45) is 5.92 Å². The maximum atomic E-state index is 11.9. The van der Waals surface area contributed by atoms with Crippen LogP contribution in [0.5, 0.6) is 0 Å². The normalized spacial score (nSPS) is 11.6. The van der Waals surface area contributed by atoms with Crippen LogP contribution >= 0.6 is 0 Å². The zero-order chi connectivity index (χ0) is 14.6. The minimum absolute atomic E-state index is 0.0163. The van der Waals surface area contributed by atoms with Crippen molar-refractivity contribution in [1.82, 2.24) is 0 Å². The van der Waals surface area contributed by atoms with E-state index in [0.717, 1.165) is 5.56 Å². The molecule has 0 heterocycles. The Labute approximate surface area is 113 Å². The molecule has 5 nitrogen and oxygen atoms in total. The molecule has 0 spiro atoms. The number of carbonyl (C=O) groups is 1. The van der Waals surface area contributed by atoms with Gasteiger partial charge in [0.15, 0.2) is 0 Å². The van der Waals surface area contributed by atoms with Gasteiger partial charge in [-0.3, -0.25) is 4.72 Å². The molecule has 0 fully saturated rings. The molecular formula is C13H19NO4S. The first-order valence-electron chi connectivity index (χ1n) is 6.05. The number of aryl methyl sites for hydroxylation is 1. The van der Waals surface area contributed by atoms with Crippen LogP contribution in [-0.4, -0.2) is 25.2 Å². The summed E-state index contributed by atoms with van der Waals surface area (Å²) in [5.41, 5.74) is 0.845. The summed E-state index contributed by atoms with van der Waals surface area (Å²) in [6, 6.07) is 4.60. The van der Waals surface area contributed by atoms with Crippen LogP contribution in [0.25, 0.3) is 0 Å². The number of nitrogens with one attached hydrogen (secondary N) is 1. The fraction of sp³-hybridized carbons (Fsp3) is 0.462. The van der Waals surface area contributed by atoms with Crippen molar-refractivity contribution in [3.05, 3.63) is 29.3 Å². The highest BCUT2D eigenvalue weighted by molar-refractivity contribution is 7.92. The van der Waals surface area contributed by atoms with Gasteiger partial charge in [-0.25, -0.2) is 13.2 Å². The number of anilines is 1. The molecule has 1 aromatic carbocycles. The van der Waals surface area contributed by atoms with Crippen LogP contribution in [0.2, 0.25) is 0 Å². The number of rotatable bonds is 6. The molecule has 0 atom stereocenters. The number of carboxylic acid groups (broad SMARTS) is 1. The third-order valence-corrected chi connectivity index (χ3v) is 3.94. The van der Waals surface area contributed by atoms with Gasteiger partial charge in [-0.05, 0) is 31.4 Å². The summed E-state index contributed by atoms with van der Waals surface area (Å²) >= 11 is 0. The van der Waals surface area contributed by atoms with Crippen molar-refractivity contribution >= 4 is 21.7 Å². The fourth-order valence-corrected chi connectivity index (χ4v) is 2.93. The van der Waals surface area contributed by atoms with E-state index in [-0.39, 0.29) is 22.9 Å². The van der Waals surface area contributed by atoms with Crippen molar-refractivity contribution in [3.63, 3.8) is 0 Å². The van der Waals surface area contributed by atoms with Crippen molar-refractivity contribution in [2.45, 2.75) is 27.2 Å². The topological polar surface area (TPSA) is 83.5 Å². The van der Waals surface area contributed by atoms with Gasteiger partial charge in [0.05, 0.1) is 17.0 Å². The van der Waals surface area contributed by atoms with Crippen LogP contribution in [0.3, 0.4) is 0 Å². The van der Waals surface area contributed by atoms with Crippen LogP contribution in [0.1, 0.15) is 36.2 Å². The lowest BCUT2D eigenvalue weighted by atomic mass is 10.1. The fourth-order valence-electron chi connectivity index (χ4n) is 1.53. The van der Waals surface area contributed by atoms with Crippen molar-refractivity contribution in [2.75, 3.05) is 10.5 Å². The van der Waals surface area contributed by atoms with Crippen molar-refractivity contribution < 1.29 is 18.3 Å². The Bertz CT molecular complexity index is 564. The summed E-state index contributed by atoms with van der Waals surface area (Å²) < 4.78 is 26.1. The lowest BCUT2D eigenvalue weighted by Gasteiger charge is -2.12. The molecule has 0 unspecified atom stereocenters. The maximum absolute atomic E-state index is 11.9. The van der Waals surface area contributed by atoms with Gasteiger partial charge < -0.3 is 5.11 Å². The second-order valence-electron chi connectivity index (χ2n) is 4.96. The molecular weight excluding hydrogens is 266 g/mol. The van der Waals surface area contributed by atoms with Crippen LogP contribution in [0.15, 0.2) is 18.2 Å². The highest BCUT2D eigenvalue weighted by Gasteiger charge is 2.16. The van der Waals surface area contributed by atoms with Crippen LogP contribution in [-0.2, 0) is 10.0 Å². The number of carboxylic acids is 1. The maximum Gasteiger partial charge on any atom is 0.337 e. The molecule has 0 amide bonds. The van der Waals surface area contributed by atoms with Gasteiger partial charge in [-0.15, -0.1) is 0 Å². The second-order valence-corrected chi connectivity index (χ2v) is 6.80. The van der Waals surface area contributed by atoms with Crippen LogP contribution in [0.4, 0.5) is 5.69 Å². The average molecular weight is 285 g/mol. The van der Waals surface area contributed by atoms with E-state index in [1.165, 1.54) is 12.1 Å². The Kier molecular flexibility index (Phi) is 4.94. The van der Waals surface area contributed by atoms with Gasteiger partial charge >= 0.3 is 5.97 Å². The number of hydrogen-bond acceptors (Lipinski definition) is 3. The van der Waals surface area contributed by atoms with E-state index >= 15 is 0 Å². The number of benzene rings is 1. The van der Waals surface area contributed by atoms with Crippen molar-refractivity contribution in [3.8, 4) is 0 Å². The minimum atomic E-state index is -3.51. The molecule has 0 aliphatic rings. The Balaban J connectivity index is 2.96. The molecule has 2 N–H and O–H groups in total. The molecule has 1 aromatic rings. The molecule has 0 bridgehead atoms. The molecule has 0 saturated carbocycles. The SMILES string of the molecule is Cc1ccc(NS(=O)(=O)CCC(C)C)c(C(=O)O)c1. The Hall–Kier alpha value is -1.56. The quantitative estimate of drug-likeness (QED) is 0.841. The molecule has 106 valence electrons. The standard InChI is InChI=1S/C13H19NO4S/c1-9(2)6-7-19(17,18)14-12-5-4-10(3)8-11(12)13(15)16/h4-5,8-9,14H,6-7H2,1-3H3,(H,15,16). The summed E-state index contributed by atoms with van der Waals surface area (Å²) in [6.07, 6.45) is 0.531. The van der Waals surface area contributed by atoms with Gasteiger partial charge in [0.1, 0.15) is 0 Å². The van der Waals surface area contributed by atoms with Crippen molar-refractivity contribution in [1.29, 1.82) is 0 Å². The number of aromatic carboxylic acids is 1. The zero-order valence-electron chi connectivity index (χ0n) is 11.3. The smallest absolute Gasteiger partial charge is 0.337 e. The Morgan fingerprint density at radius 2 is 2.00 bits per heavy atom. The van der Waals surface area contributed by atoms with E-state index in [1.54, 1.807) is 13.0 Å². The van der Waals surface area contributed by atoms with E-state index in [9.17, 15) is 13.2 Å². The minimum Gasteiger partial charge on any atom is -0.478 e. The van der Waals surface area contributed by atoms with Gasteiger partial charge in [-0.1, -0.05) is 25.5 Å². The van der Waals surface area contributed by atoms with Gasteiger partial charge in [0.25, 0.3) is 0 Å². The number of hydrogen-bond donors (Lipinski definition) is 2. The highest BCUT2D eigenvalue weighted by atomic mass is 32.2. The molecule has 0 aliphatic heterocycles. The first-order chi connectivity index (χ1) is 8.71. The van der Waals surface area contributed by atoms with Crippen LogP contribution in [0, 0.1) is 12.8 Å². The lowest BCUT2D eigenvalue weighted by Crippen LogP contribution is -2.19. The van der Waals surface area contributed by atoms with E-state index in [1.807, 2.05) is 13.8 Å². The predicted molar refractivity (Wildman–Crippen MR) is 75.0 cm³/mol. The van der Waals surface area contributed by atoms with Gasteiger partial charge in [-0.2, -0.15) is 0 Å². The first kappa shape index (κ1) is 15.5. The predicted octanol–water partition coefficient (Wildman–Crippen LogP) is 2.48. The summed E-state index contributed by atoms with van der Waals surface area (Å²) in [5, 5.41) is 9.07. The molecule has 19 heavy (non-hydrogen) atoms. The number of sulfonamides is 1. The van der Waals surface area contributed by atoms with Crippen LogP contribution < -0.4 is 4.72 Å². The lowest BCUT2D eigenvalue weighted by molar-refractivity contribution is 0.0698. The molecule has 0 aliphatic carbocycles. The largest absolute Gasteiger partial charge is 0.478 e. The summed E-state index contributed by atoms with van der Waals surface area (Å²) in [6.45, 7) is 5.62. The summed E-state index contributed by atoms with van der Waals surface area (Å²) in [4.78, 5) is 11.1. The monoisotopic (exact) mass is 285 g/mol. The molecule has 1 rings (SSSR count). The molecule has 0 saturated heterocycles. The zero-order valence-corrected chi connectivity index (χ0v) is 12.1. The average Bonchev–Trinajstić information content (AvgIpc) is 2.28. The summed E-state index contributed by atoms with van der Waals surface area (Å²) in [7, 11) is -3.51.